The monoisotopic (exact) mass is 250 g/mol. The molecule has 0 amide bonds. The second-order valence-corrected chi connectivity index (χ2v) is 3.62. The molecule has 0 bridgehead atoms. The molecule has 0 unspecified atom stereocenters. The highest BCUT2D eigenvalue weighted by Gasteiger charge is 2.16. The number of halogens is 2. The van der Waals surface area contributed by atoms with Gasteiger partial charge < -0.3 is 5.73 Å². The molecule has 0 atom stereocenters. The van der Waals surface area contributed by atoms with Crippen LogP contribution in [0.1, 0.15) is 17.5 Å². The summed E-state index contributed by atoms with van der Waals surface area (Å²) < 4.78 is 0. The molecule has 0 saturated carbocycles. The average Bonchev–Trinajstić information content (AvgIpc) is 2.57. The molecule has 4 heteroatoms. The fraction of sp³-hybridized carbons (Fsp3) is 0.455. The smallest absolute Gasteiger partial charge is 0.0240 e. The first kappa shape index (κ1) is 14.7. The Morgan fingerprint density at radius 1 is 1.13 bits per heavy atom. The summed E-state index contributed by atoms with van der Waals surface area (Å²) in [7, 11) is 0. The molecule has 2 nitrogen and oxygen atoms in total. The highest BCUT2D eigenvalue weighted by Crippen LogP contribution is 2.21. The lowest BCUT2D eigenvalue weighted by molar-refractivity contribution is 0.282. The van der Waals surface area contributed by atoms with Crippen LogP contribution in [0.4, 0.5) is 0 Å². The van der Waals surface area contributed by atoms with E-state index in [0.717, 1.165) is 32.6 Å². The maximum Gasteiger partial charge on any atom is 0.0240 e. The zero-order chi connectivity index (χ0) is 9.10. The molecule has 1 aromatic carbocycles. The highest BCUT2D eigenvalue weighted by molar-refractivity contribution is 5.85. The molecule has 0 fully saturated rings. The van der Waals surface area contributed by atoms with Crippen LogP contribution in [0.3, 0.4) is 0 Å². The van der Waals surface area contributed by atoms with Gasteiger partial charge in [0.25, 0.3) is 0 Å². The Labute approximate surface area is 104 Å². The van der Waals surface area contributed by atoms with Crippen molar-refractivity contribution >= 4 is 24.8 Å². The number of nitrogens with zero attached hydrogens (tertiary/aromatic N) is 1. The highest BCUT2D eigenvalue weighted by atomic mass is 35.5. The standard InChI is InChI=1S/C11H16N2.2ClH/c12-6-3-7-13-8-10-4-1-2-5-11(10)9-13;;/h1-2,4-5H,3,6-9,12H2;2*1H/i6+2;;. The molecule has 1 heterocycles. The number of rotatable bonds is 3. The van der Waals surface area contributed by atoms with Crippen molar-refractivity contribution in [3.05, 3.63) is 35.4 Å². The SMILES string of the molecule is Cl.Cl.N[14CH2]CCN1Cc2ccccc2C1. The summed E-state index contributed by atoms with van der Waals surface area (Å²) in [5, 5.41) is 0. The average molecular weight is 251 g/mol. The number of benzene rings is 1. The van der Waals surface area contributed by atoms with Gasteiger partial charge in [-0.3, -0.25) is 4.90 Å². The van der Waals surface area contributed by atoms with E-state index in [0.29, 0.717) is 0 Å². The van der Waals surface area contributed by atoms with E-state index < -0.39 is 0 Å². The van der Waals surface area contributed by atoms with Gasteiger partial charge in [-0.15, -0.1) is 24.8 Å². The quantitative estimate of drug-likeness (QED) is 0.892. The Hall–Kier alpha value is -0.280. The topological polar surface area (TPSA) is 29.3 Å². The number of fused-ring (bicyclic) bond motifs is 1. The van der Waals surface area contributed by atoms with Crippen LogP contribution in [0.25, 0.3) is 0 Å². The van der Waals surface area contributed by atoms with Crippen molar-refractivity contribution in [2.45, 2.75) is 19.5 Å². The molecule has 0 saturated heterocycles. The predicted molar refractivity (Wildman–Crippen MR) is 68.7 cm³/mol. The van der Waals surface area contributed by atoms with Crippen molar-refractivity contribution in [2.24, 2.45) is 5.73 Å². The zero-order valence-corrected chi connectivity index (χ0v) is 10.3. The first-order valence-electron chi connectivity index (χ1n) is 4.89. The summed E-state index contributed by atoms with van der Waals surface area (Å²) in [5.74, 6) is 0. The Balaban J connectivity index is 0.000000980. The molecule has 0 radical (unpaired) electrons. The molecule has 0 spiro atoms. The first-order valence-corrected chi connectivity index (χ1v) is 4.89. The third-order valence-electron chi connectivity index (χ3n) is 2.58. The van der Waals surface area contributed by atoms with Gasteiger partial charge >= 0.3 is 0 Å². The molecule has 0 aliphatic carbocycles. The van der Waals surface area contributed by atoms with Crippen molar-refractivity contribution in [2.75, 3.05) is 13.1 Å². The zero-order valence-electron chi connectivity index (χ0n) is 8.69. The molecule has 1 aliphatic heterocycles. The van der Waals surface area contributed by atoms with Gasteiger partial charge in [0.05, 0.1) is 0 Å². The molecular formula is C11H18Cl2N2. The van der Waals surface area contributed by atoms with Crippen LogP contribution in [0.5, 0.6) is 0 Å². The number of hydrogen-bond donors (Lipinski definition) is 1. The van der Waals surface area contributed by atoms with Crippen molar-refractivity contribution in [3.63, 3.8) is 0 Å². The molecule has 86 valence electrons. The third kappa shape index (κ3) is 3.65. The van der Waals surface area contributed by atoms with Crippen molar-refractivity contribution in [1.82, 2.24) is 4.90 Å². The largest absolute Gasteiger partial charge is 0.330 e. The molecule has 1 aromatic rings. The minimum Gasteiger partial charge on any atom is -0.330 e. The van der Waals surface area contributed by atoms with E-state index in [-0.39, 0.29) is 24.8 Å². The predicted octanol–water partition coefficient (Wildman–Crippen LogP) is 2.19. The summed E-state index contributed by atoms with van der Waals surface area (Å²) in [4.78, 5) is 2.46. The van der Waals surface area contributed by atoms with Gasteiger partial charge in [0.1, 0.15) is 0 Å². The van der Waals surface area contributed by atoms with Crippen LogP contribution in [0.15, 0.2) is 24.3 Å². The van der Waals surface area contributed by atoms with E-state index in [1.165, 1.54) is 11.1 Å². The van der Waals surface area contributed by atoms with Gasteiger partial charge in [-0.05, 0) is 24.1 Å². The van der Waals surface area contributed by atoms with Crippen LogP contribution in [0.2, 0.25) is 0 Å². The Morgan fingerprint density at radius 3 is 2.13 bits per heavy atom. The van der Waals surface area contributed by atoms with Gasteiger partial charge in [-0.2, -0.15) is 0 Å². The summed E-state index contributed by atoms with van der Waals surface area (Å²) in [6, 6.07) is 8.67. The Morgan fingerprint density at radius 2 is 1.67 bits per heavy atom. The fourth-order valence-electron chi connectivity index (χ4n) is 1.88. The lowest BCUT2D eigenvalue weighted by atomic mass is 10.1. The Kier molecular flexibility index (Phi) is 6.94. The molecule has 2 N–H and O–H groups in total. The van der Waals surface area contributed by atoms with Crippen LogP contribution in [-0.2, 0) is 13.1 Å². The van der Waals surface area contributed by atoms with E-state index in [9.17, 15) is 0 Å². The van der Waals surface area contributed by atoms with E-state index in [4.69, 9.17) is 5.73 Å². The number of nitrogens with two attached hydrogens (primary N) is 1. The van der Waals surface area contributed by atoms with E-state index >= 15 is 0 Å². The van der Waals surface area contributed by atoms with Gasteiger partial charge in [0.2, 0.25) is 0 Å². The lowest BCUT2D eigenvalue weighted by Crippen LogP contribution is -2.20. The van der Waals surface area contributed by atoms with Gasteiger partial charge in [-0.25, -0.2) is 0 Å². The second-order valence-electron chi connectivity index (χ2n) is 3.62. The first-order chi connectivity index (χ1) is 6.40. The number of hydrogen-bond acceptors (Lipinski definition) is 2. The van der Waals surface area contributed by atoms with Gasteiger partial charge in [-0.1, -0.05) is 24.3 Å². The third-order valence-corrected chi connectivity index (χ3v) is 2.58. The maximum absolute atomic E-state index is 5.49. The van der Waals surface area contributed by atoms with Crippen molar-refractivity contribution in [3.8, 4) is 0 Å². The summed E-state index contributed by atoms with van der Waals surface area (Å²) in [6.07, 6.45) is 1.11. The maximum atomic E-state index is 5.49. The molecular weight excluding hydrogens is 233 g/mol. The summed E-state index contributed by atoms with van der Waals surface area (Å²) in [5.41, 5.74) is 8.46. The van der Waals surface area contributed by atoms with Crippen molar-refractivity contribution in [1.29, 1.82) is 0 Å². The molecule has 2 rings (SSSR count). The lowest BCUT2D eigenvalue weighted by Gasteiger charge is -2.13. The normalized spacial score (nSPS) is 13.9. The molecule has 1 aliphatic rings. The van der Waals surface area contributed by atoms with Gasteiger partial charge in [0.15, 0.2) is 0 Å². The van der Waals surface area contributed by atoms with Crippen LogP contribution in [0, 0.1) is 0 Å². The van der Waals surface area contributed by atoms with Crippen molar-refractivity contribution < 1.29 is 0 Å². The van der Waals surface area contributed by atoms with Crippen LogP contribution >= 0.6 is 24.8 Å². The summed E-state index contributed by atoms with van der Waals surface area (Å²) >= 11 is 0. The van der Waals surface area contributed by atoms with Crippen LogP contribution < -0.4 is 5.73 Å². The van der Waals surface area contributed by atoms with Crippen LogP contribution in [-0.4, -0.2) is 18.0 Å². The van der Waals surface area contributed by atoms with E-state index in [1.54, 1.807) is 0 Å². The fourth-order valence-corrected chi connectivity index (χ4v) is 1.88. The minimum atomic E-state index is 0. The minimum absolute atomic E-state index is 0. The Bertz CT molecular complexity index is 267. The van der Waals surface area contributed by atoms with E-state index in [1.807, 2.05) is 0 Å². The van der Waals surface area contributed by atoms with Gasteiger partial charge in [0, 0.05) is 19.6 Å². The second kappa shape index (κ2) is 7.07. The van der Waals surface area contributed by atoms with E-state index in [2.05, 4.69) is 29.2 Å². The molecule has 15 heavy (non-hydrogen) atoms. The summed E-state index contributed by atoms with van der Waals surface area (Å²) in [6.45, 7) is 4.14. The molecule has 0 aromatic heterocycles.